The second kappa shape index (κ2) is 6.20. The van der Waals surface area contributed by atoms with E-state index >= 15 is 0 Å². The minimum absolute atomic E-state index is 0.0324. The Morgan fingerprint density at radius 3 is 2.33 bits per heavy atom. The number of anilines is 1. The molecule has 0 atom stereocenters. The summed E-state index contributed by atoms with van der Waals surface area (Å²) in [5.74, 6) is -0.406. The van der Waals surface area contributed by atoms with Gasteiger partial charge in [-0.15, -0.1) is 0 Å². The lowest BCUT2D eigenvalue weighted by molar-refractivity contribution is 0.0691. The molecule has 0 radical (unpaired) electrons. The van der Waals surface area contributed by atoms with E-state index in [0.29, 0.717) is 5.82 Å². The number of benzene rings is 2. The number of carboxylic acids is 1. The standard InChI is InChI=1S/C19H19N3O2/c1-13-6-4-5-7-16(13)18-20-17(19(23)24)12-22(18)15-10-8-14(9-11-15)21(2)3/h4-12H,1-3H3,(H,23,24). The summed E-state index contributed by atoms with van der Waals surface area (Å²) in [7, 11) is 3.96. The number of rotatable bonds is 4. The van der Waals surface area contributed by atoms with Gasteiger partial charge in [-0.1, -0.05) is 24.3 Å². The maximum Gasteiger partial charge on any atom is 0.356 e. The Morgan fingerprint density at radius 2 is 1.75 bits per heavy atom. The van der Waals surface area contributed by atoms with Crippen LogP contribution in [0.25, 0.3) is 17.1 Å². The van der Waals surface area contributed by atoms with Gasteiger partial charge in [-0.05, 0) is 36.8 Å². The van der Waals surface area contributed by atoms with Crippen LogP contribution in [0.4, 0.5) is 5.69 Å². The molecule has 0 unspecified atom stereocenters. The third-order valence-electron chi connectivity index (χ3n) is 3.96. The van der Waals surface area contributed by atoms with Gasteiger partial charge in [-0.3, -0.25) is 4.57 Å². The lowest BCUT2D eigenvalue weighted by Crippen LogP contribution is -2.08. The summed E-state index contributed by atoms with van der Waals surface area (Å²) >= 11 is 0. The fourth-order valence-corrected chi connectivity index (χ4v) is 2.61. The number of hydrogen-bond acceptors (Lipinski definition) is 3. The summed E-state index contributed by atoms with van der Waals surface area (Å²) in [5.41, 5.74) is 3.95. The van der Waals surface area contributed by atoms with Crippen LogP contribution in [0.15, 0.2) is 54.7 Å². The third kappa shape index (κ3) is 2.88. The lowest BCUT2D eigenvalue weighted by atomic mass is 10.1. The lowest BCUT2D eigenvalue weighted by Gasteiger charge is -2.14. The van der Waals surface area contributed by atoms with Crippen LogP contribution in [-0.2, 0) is 0 Å². The van der Waals surface area contributed by atoms with Crippen molar-refractivity contribution in [3.63, 3.8) is 0 Å². The smallest absolute Gasteiger partial charge is 0.356 e. The van der Waals surface area contributed by atoms with Crippen molar-refractivity contribution in [1.29, 1.82) is 0 Å². The SMILES string of the molecule is Cc1ccccc1-c1nc(C(=O)O)cn1-c1ccc(N(C)C)cc1. The van der Waals surface area contributed by atoms with E-state index in [1.165, 1.54) is 0 Å². The summed E-state index contributed by atoms with van der Waals surface area (Å²) < 4.78 is 1.82. The number of aromatic nitrogens is 2. The van der Waals surface area contributed by atoms with Crippen molar-refractivity contribution < 1.29 is 9.90 Å². The topological polar surface area (TPSA) is 58.4 Å². The highest BCUT2D eigenvalue weighted by atomic mass is 16.4. The van der Waals surface area contributed by atoms with Crippen LogP contribution in [0.1, 0.15) is 16.1 Å². The first-order valence-corrected chi connectivity index (χ1v) is 7.64. The van der Waals surface area contributed by atoms with E-state index in [9.17, 15) is 9.90 Å². The van der Waals surface area contributed by atoms with Gasteiger partial charge in [-0.2, -0.15) is 0 Å². The first-order chi connectivity index (χ1) is 11.5. The minimum Gasteiger partial charge on any atom is -0.476 e. The molecule has 0 aliphatic carbocycles. The molecule has 3 aromatic rings. The first-order valence-electron chi connectivity index (χ1n) is 7.64. The highest BCUT2D eigenvalue weighted by molar-refractivity contribution is 5.86. The van der Waals surface area contributed by atoms with Gasteiger partial charge < -0.3 is 10.0 Å². The molecule has 122 valence electrons. The average molecular weight is 321 g/mol. The van der Waals surface area contributed by atoms with Crippen LogP contribution in [0.2, 0.25) is 0 Å². The molecule has 0 fully saturated rings. The first kappa shape index (κ1) is 15.8. The maximum atomic E-state index is 11.4. The number of carboxylic acid groups (broad SMARTS) is 1. The molecule has 0 saturated carbocycles. The van der Waals surface area contributed by atoms with Crippen LogP contribution in [-0.4, -0.2) is 34.7 Å². The fraction of sp³-hybridized carbons (Fsp3) is 0.158. The maximum absolute atomic E-state index is 11.4. The van der Waals surface area contributed by atoms with Crippen LogP contribution in [0.5, 0.6) is 0 Å². The quantitative estimate of drug-likeness (QED) is 0.797. The molecule has 1 heterocycles. The van der Waals surface area contributed by atoms with Gasteiger partial charge >= 0.3 is 5.97 Å². The average Bonchev–Trinajstić information content (AvgIpc) is 3.00. The number of aryl methyl sites for hydroxylation is 1. The summed E-state index contributed by atoms with van der Waals surface area (Å²) in [6.07, 6.45) is 1.56. The second-order valence-electron chi connectivity index (χ2n) is 5.85. The molecule has 5 nitrogen and oxygen atoms in total. The second-order valence-corrected chi connectivity index (χ2v) is 5.85. The monoisotopic (exact) mass is 321 g/mol. The molecule has 0 amide bonds. The van der Waals surface area contributed by atoms with E-state index in [4.69, 9.17) is 0 Å². The summed E-state index contributed by atoms with van der Waals surface area (Å²) in [6.45, 7) is 1.99. The highest BCUT2D eigenvalue weighted by Crippen LogP contribution is 2.26. The van der Waals surface area contributed by atoms with Crippen molar-refractivity contribution in [2.45, 2.75) is 6.92 Å². The van der Waals surface area contributed by atoms with Crippen LogP contribution >= 0.6 is 0 Å². The van der Waals surface area contributed by atoms with E-state index in [1.807, 2.05) is 79.0 Å². The zero-order chi connectivity index (χ0) is 17.3. The summed E-state index contributed by atoms with van der Waals surface area (Å²) in [6, 6.07) is 15.7. The van der Waals surface area contributed by atoms with Gasteiger partial charge in [0.25, 0.3) is 0 Å². The van der Waals surface area contributed by atoms with Crippen molar-refractivity contribution >= 4 is 11.7 Å². The molecule has 0 bridgehead atoms. The molecule has 24 heavy (non-hydrogen) atoms. The molecule has 0 spiro atoms. The zero-order valence-corrected chi connectivity index (χ0v) is 13.9. The predicted molar refractivity (Wildman–Crippen MR) is 95.0 cm³/mol. The minimum atomic E-state index is -1.03. The molecule has 0 aliphatic heterocycles. The van der Waals surface area contributed by atoms with Crippen molar-refractivity contribution in [1.82, 2.24) is 9.55 Å². The Balaban J connectivity index is 2.16. The van der Waals surface area contributed by atoms with Crippen LogP contribution < -0.4 is 4.90 Å². The van der Waals surface area contributed by atoms with Gasteiger partial charge in [0.15, 0.2) is 5.69 Å². The molecule has 3 rings (SSSR count). The van der Waals surface area contributed by atoms with Gasteiger partial charge in [0.1, 0.15) is 5.82 Å². The van der Waals surface area contributed by atoms with Crippen molar-refractivity contribution in [3.8, 4) is 17.1 Å². The van der Waals surface area contributed by atoms with Crippen molar-refractivity contribution in [2.24, 2.45) is 0 Å². The van der Waals surface area contributed by atoms with Gasteiger partial charge in [-0.25, -0.2) is 9.78 Å². The normalized spacial score (nSPS) is 10.6. The van der Waals surface area contributed by atoms with E-state index in [1.54, 1.807) is 6.20 Å². The van der Waals surface area contributed by atoms with Gasteiger partial charge in [0.05, 0.1) is 0 Å². The number of imidazole rings is 1. The fourth-order valence-electron chi connectivity index (χ4n) is 2.61. The molecule has 1 N–H and O–H groups in total. The van der Waals surface area contributed by atoms with E-state index < -0.39 is 5.97 Å². The van der Waals surface area contributed by atoms with E-state index in [-0.39, 0.29) is 5.69 Å². The number of hydrogen-bond donors (Lipinski definition) is 1. The Kier molecular flexibility index (Phi) is 4.08. The number of carbonyl (C=O) groups is 1. The molecular formula is C19H19N3O2. The molecule has 1 aromatic heterocycles. The summed E-state index contributed by atoms with van der Waals surface area (Å²) in [5, 5.41) is 9.32. The predicted octanol–water partition coefficient (Wildman–Crippen LogP) is 3.61. The van der Waals surface area contributed by atoms with Gasteiger partial charge in [0.2, 0.25) is 0 Å². The van der Waals surface area contributed by atoms with Crippen LogP contribution in [0.3, 0.4) is 0 Å². The molecule has 0 saturated heterocycles. The molecule has 2 aromatic carbocycles. The Hall–Kier alpha value is -3.08. The van der Waals surface area contributed by atoms with Gasteiger partial charge in [0, 0.05) is 37.2 Å². The van der Waals surface area contributed by atoms with E-state index in [2.05, 4.69) is 4.98 Å². The Morgan fingerprint density at radius 1 is 1.08 bits per heavy atom. The Labute approximate surface area is 140 Å². The largest absolute Gasteiger partial charge is 0.476 e. The molecule has 5 heteroatoms. The third-order valence-corrected chi connectivity index (χ3v) is 3.96. The zero-order valence-electron chi connectivity index (χ0n) is 13.9. The Bertz CT molecular complexity index is 880. The molecule has 0 aliphatic rings. The number of aromatic carboxylic acids is 1. The number of nitrogens with zero attached hydrogens (tertiary/aromatic N) is 3. The summed E-state index contributed by atoms with van der Waals surface area (Å²) in [4.78, 5) is 17.7. The highest BCUT2D eigenvalue weighted by Gasteiger charge is 2.17. The molecular weight excluding hydrogens is 302 g/mol. The van der Waals surface area contributed by atoms with Crippen molar-refractivity contribution in [2.75, 3.05) is 19.0 Å². The van der Waals surface area contributed by atoms with Crippen LogP contribution in [0, 0.1) is 6.92 Å². The van der Waals surface area contributed by atoms with E-state index in [0.717, 1.165) is 22.5 Å². The van der Waals surface area contributed by atoms with Crippen molar-refractivity contribution in [3.05, 3.63) is 66.0 Å².